The molecular formula is C16H13NO. The number of aromatic hydroxyl groups is 1. The van der Waals surface area contributed by atoms with Gasteiger partial charge in [0, 0.05) is 17.1 Å². The summed E-state index contributed by atoms with van der Waals surface area (Å²) >= 11 is 0. The van der Waals surface area contributed by atoms with Crippen LogP contribution in [0.25, 0.3) is 22.0 Å². The highest BCUT2D eigenvalue weighted by atomic mass is 16.3. The number of para-hydroxylation sites is 1. The fraction of sp³-hybridized carbons (Fsp3) is 0.0625. The summed E-state index contributed by atoms with van der Waals surface area (Å²) in [5, 5.41) is 10.7. The van der Waals surface area contributed by atoms with Crippen molar-refractivity contribution in [3.8, 4) is 16.9 Å². The third-order valence-electron chi connectivity index (χ3n) is 3.12. The molecular weight excluding hydrogens is 222 g/mol. The fourth-order valence-electron chi connectivity index (χ4n) is 2.06. The van der Waals surface area contributed by atoms with E-state index in [0.29, 0.717) is 5.75 Å². The van der Waals surface area contributed by atoms with E-state index in [4.69, 9.17) is 0 Å². The van der Waals surface area contributed by atoms with E-state index in [1.54, 1.807) is 6.07 Å². The van der Waals surface area contributed by atoms with Crippen molar-refractivity contribution < 1.29 is 5.11 Å². The monoisotopic (exact) mass is 235 g/mol. The zero-order chi connectivity index (χ0) is 12.5. The third kappa shape index (κ3) is 1.82. The minimum atomic E-state index is 0.326. The predicted octanol–water partition coefficient (Wildman–Crippen LogP) is 3.92. The van der Waals surface area contributed by atoms with Crippen LogP contribution in [0.1, 0.15) is 5.56 Å². The van der Waals surface area contributed by atoms with Crippen LogP contribution in [-0.2, 0) is 0 Å². The SMILES string of the molecule is Cc1cc(-c2cnc3ccccc3c2)ccc1O. The van der Waals surface area contributed by atoms with Gasteiger partial charge in [-0.05, 0) is 42.3 Å². The van der Waals surface area contributed by atoms with Gasteiger partial charge in [-0.3, -0.25) is 4.98 Å². The van der Waals surface area contributed by atoms with Crippen molar-refractivity contribution in [1.82, 2.24) is 4.98 Å². The van der Waals surface area contributed by atoms with E-state index in [-0.39, 0.29) is 0 Å². The second-order valence-electron chi connectivity index (χ2n) is 4.42. The Bertz CT molecular complexity index is 719. The second-order valence-corrected chi connectivity index (χ2v) is 4.42. The van der Waals surface area contributed by atoms with Crippen molar-refractivity contribution in [2.75, 3.05) is 0 Å². The van der Waals surface area contributed by atoms with Crippen LogP contribution in [0.5, 0.6) is 5.75 Å². The van der Waals surface area contributed by atoms with Gasteiger partial charge < -0.3 is 5.11 Å². The molecule has 3 aromatic rings. The van der Waals surface area contributed by atoms with Gasteiger partial charge >= 0.3 is 0 Å². The molecule has 0 amide bonds. The van der Waals surface area contributed by atoms with E-state index in [2.05, 4.69) is 17.1 Å². The number of phenols is 1. The molecule has 1 heterocycles. The highest BCUT2D eigenvalue weighted by molar-refractivity contribution is 5.83. The maximum Gasteiger partial charge on any atom is 0.118 e. The highest BCUT2D eigenvalue weighted by Crippen LogP contribution is 2.26. The number of hydrogen-bond acceptors (Lipinski definition) is 2. The van der Waals surface area contributed by atoms with E-state index in [1.807, 2.05) is 43.5 Å². The number of rotatable bonds is 1. The van der Waals surface area contributed by atoms with E-state index in [9.17, 15) is 5.11 Å². The van der Waals surface area contributed by atoms with Gasteiger partial charge in [0.15, 0.2) is 0 Å². The van der Waals surface area contributed by atoms with Gasteiger partial charge in [-0.1, -0.05) is 24.3 Å². The van der Waals surface area contributed by atoms with Crippen LogP contribution in [-0.4, -0.2) is 10.1 Å². The Kier molecular flexibility index (Phi) is 2.49. The van der Waals surface area contributed by atoms with Crippen molar-refractivity contribution in [3.05, 3.63) is 60.3 Å². The van der Waals surface area contributed by atoms with Crippen LogP contribution < -0.4 is 0 Å². The molecule has 0 saturated heterocycles. The number of aromatic nitrogens is 1. The topological polar surface area (TPSA) is 33.1 Å². The van der Waals surface area contributed by atoms with Crippen LogP contribution in [0.4, 0.5) is 0 Å². The number of pyridine rings is 1. The van der Waals surface area contributed by atoms with Crippen LogP contribution in [0.2, 0.25) is 0 Å². The zero-order valence-electron chi connectivity index (χ0n) is 10.1. The van der Waals surface area contributed by atoms with Gasteiger partial charge in [0.05, 0.1) is 5.52 Å². The van der Waals surface area contributed by atoms with Gasteiger partial charge in [0.2, 0.25) is 0 Å². The minimum Gasteiger partial charge on any atom is -0.508 e. The molecule has 2 aromatic carbocycles. The molecule has 0 atom stereocenters. The number of hydrogen-bond donors (Lipinski definition) is 1. The molecule has 18 heavy (non-hydrogen) atoms. The lowest BCUT2D eigenvalue weighted by atomic mass is 10.0. The molecule has 88 valence electrons. The Morgan fingerprint density at radius 1 is 0.944 bits per heavy atom. The Balaban J connectivity index is 2.16. The molecule has 0 spiro atoms. The quantitative estimate of drug-likeness (QED) is 0.693. The number of phenolic OH excluding ortho intramolecular Hbond substituents is 1. The molecule has 0 radical (unpaired) electrons. The summed E-state index contributed by atoms with van der Waals surface area (Å²) in [5.41, 5.74) is 4.01. The lowest BCUT2D eigenvalue weighted by Crippen LogP contribution is -1.84. The Hall–Kier alpha value is -2.35. The molecule has 0 aliphatic carbocycles. The van der Waals surface area contributed by atoms with Gasteiger partial charge in [0.25, 0.3) is 0 Å². The lowest BCUT2D eigenvalue weighted by Gasteiger charge is -2.05. The molecule has 0 aliphatic heterocycles. The average molecular weight is 235 g/mol. The summed E-state index contributed by atoms with van der Waals surface area (Å²) in [4.78, 5) is 4.45. The summed E-state index contributed by atoms with van der Waals surface area (Å²) in [7, 11) is 0. The molecule has 2 heteroatoms. The molecule has 1 aromatic heterocycles. The lowest BCUT2D eigenvalue weighted by molar-refractivity contribution is 0.471. The van der Waals surface area contributed by atoms with Gasteiger partial charge in [-0.15, -0.1) is 0 Å². The molecule has 2 nitrogen and oxygen atoms in total. The molecule has 0 aliphatic rings. The first kappa shape index (κ1) is 10.8. The van der Waals surface area contributed by atoms with Crippen molar-refractivity contribution in [2.24, 2.45) is 0 Å². The largest absolute Gasteiger partial charge is 0.508 e. The van der Waals surface area contributed by atoms with Crippen molar-refractivity contribution in [1.29, 1.82) is 0 Å². The van der Waals surface area contributed by atoms with E-state index in [0.717, 1.165) is 27.6 Å². The van der Waals surface area contributed by atoms with Crippen molar-refractivity contribution in [2.45, 2.75) is 6.92 Å². The first-order valence-electron chi connectivity index (χ1n) is 5.89. The third-order valence-corrected chi connectivity index (χ3v) is 3.12. The first-order valence-corrected chi connectivity index (χ1v) is 5.89. The van der Waals surface area contributed by atoms with Gasteiger partial charge in [-0.2, -0.15) is 0 Å². The first-order chi connectivity index (χ1) is 8.74. The van der Waals surface area contributed by atoms with Crippen molar-refractivity contribution >= 4 is 10.9 Å². The Morgan fingerprint density at radius 2 is 1.78 bits per heavy atom. The summed E-state index contributed by atoms with van der Waals surface area (Å²) < 4.78 is 0. The van der Waals surface area contributed by atoms with Crippen LogP contribution in [0.15, 0.2) is 54.7 Å². The Morgan fingerprint density at radius 3 is 2.61 bits per heavy atom. The second kappa shape index (κ2) is 4.15. The van der Waals surface area contributed by atoms with Gasteiger partial charge in [-0.25, -0.2) is 0 Å². The fourth-order valence-corrected chi connectivity index (χ4v) is 2.06. The molecule has 0 bridgehead atoms. The smallest absolute Gasteiger partial charge is 0.118 e. The summed E-state index contributed by atoms with van der Waals surface area (Å²) in [6.07, 6.45) is 1.87. The summed E-state index contributed by atoms with van der Waals surface area (Å²) in [6, 6.07) is 15.8. The highest BCUT2D eigenvalue weighted by Gasteiger charge is 2.03. The Labute approximate surface area is 106 Å². The number of benzene rings is 2. The molecule has 0 fully saturated rings. The number of aryl methyl sites for hydroxylation is 1. The van der Waals surface area contributed by atoms with E-state index in [1.165, 1.54) is 0 Å². The standard InChI is InChI=1S/C16H13NO/c1-11-8-12(6-7-16(11)18)14-9-13-4-2-3-5-15(13)17-10-14/h2-10,18H,1H3. The van der Waals surface area contributed by atoms with Crippen LogP contribution >= 0.6 is 0 Å². The summed E-state index contributed by atoms with van der Waals surface area (Å²) in [5.74, 6) is 0.326. The average Bonchev–Trinajstić information content (AvgIpc) is 2.41. The maximum absolute atomic E-state index is 9.55. The normalized spacial score (nSPS) is 10.7. The number of nitrogens with zero attached hydrogens (tertiary/aromatic N) is 1. The predicted molar refractivity (Wildman–Crippen MR) is 73.6 cm³/mol. The molecule has 0 unspecified atom stereocenters. The maximum atomic E-state index is 9.55. The van der Waals surface area contributed by atoms with E-state index >= 15 is 0 Å². The summed E-state index contributed by atoms with van der Waals surface area (Å²) in [6.45, 7) is 1.90. The van der Waals surface area contributed by atoms with Crippen LogP contribution in [0, 0.1) is 6.92 Å². The molecule has 3 rings (SSSR count). The van der Waals surface area contributed by atoms with Gasteiger partial charge in [0.1, 0.15) is 5.75 Å². The van der Waals surface area contributed by atoms with Crippen molar-refractivity contribution in [3.63, 3.8) is 0 Å². The van der Waals surface area contributed by atoms with E-state index < -0.39 is 0 Å². The molecule has 1 N–H and O–H groups in total. The van der Waals surface area contributed by atoms with Crippen LogP contribution in [0.3, 0.4) is 0 Å². The molecule has 0 saturated carbocycles. The zero-order valence-corrected chi connectivity index (χ0v) is 10.1. The number of fused-ring (bicyclic) bond motifs is 1. The minimum absolute atomic E-state index is 0.326.